The summed E-state index contributed by atoms with van der Waals surface area (Å²) in [4.78, 5) is 21.5. The third-order valence-corrected chi connectivity index (χ3v) is 8.00. The van der Waals surface area contributed by atoms with Gasteiger partial charge in [-0.1, -0.05) is 11.6 Å². The normalized spacial score (nSPS) is 18.4. The number of rotatable bonds is 7. The molecule has 10 heteroatoms. The van der Waals surface area contributed by atoms with Crippen LogP contribution in [0.2, 0.25) is 5.02 Å². The van der Waals surface area contributed by atoms with Gasteiger partial charge in [0.05, 0.1) is 24.9 Å². The number of likely N-dealkylation sites (tertiary alicyclic amines) is 1. The van der Waals surface area contributed by atoms with Crippen LogP contribution in [0.4, 0.5) is 10.5 Å². The molecule has 2 aromatic heterocycles. The second-order valence-corrected chi connectivity index (χ2v) is 12.1. The van der Waals surface area contributed by atoms with Crippen molar-refractivity contribution in [2.45, 2.75) is 51.7 Å². The minimum atomic E-state index is -0.452. The van der Waals surface area contributed by atoms with Crippen LogP contribution in [0.1, 0.15) is 40.0 Å². The lowest BCUT2D eigenvalue weighted by Gasteiger charge is -2.34. The first-order chi connectivity index (χ1) is 19.1. The number of nitrogens with one attached hydrogen (secondary N) is 1. The Morgan fingerprint density at radius 2 is 1.82 bits per heavy atom. The zero-order chi connectivity index (χ0) is 28.4. The topological polar surface area (TPSA) is 80.6 Å². The van der Waals surface area contributed by atoms with Crippen molar-refractivity contribution in [3.05, 3.63) is 41.7 Å². The molecule has 1 aromatic carbocycles. The molecule has 0 bridgehead atoms. The Kier molecular flexibility index (Phi) is 8.33. The molecule has 2 saturated heterocycles. The highest BCUT2D eigenvalue weighted by Gasteiger charge is 2.28. The molecule has 2 aliphatic rings. The largest absolute Gasteiger partial charge is 0.496 e. The van der Waals surface area contributed by atoms with Crippen LogP contribution in [-0.4, -0.2) is 79.0 Å². The molecule has 1 N–H and O–H groups in total. The predicted molar refractivity (Wildman–Crippen MR) is 158 cm³/mol. The Labute approximate surface area is 241 Å². The molecule has 2 fully saturated rings. The molecule has 0 spiro atoms. The molecular weight excluding hydrogens is 530 g/mol. The van der Waals surface area contributed by atoms with Gasteiger partial charge in [0.1, 0.15) is 22.7 Å². The van der Waals surface area contributed by atoms with Crippen LogP contribution in [-0.2, 0) is 4.74 Å². The predicted octanol–water partition coefficient (Wildman–Crippen LogP) is 5.49. The molecule has 0 radical (unpaired) electrons. The quantitative estimate of drug-likeness (QED) is 0.403. The van der Waals surface area contributed by atoms with Gasteiger partial charge in [-0.2, -0.15) is 0 Å². The number of carbonyl (C=O) groups is 1. The number of amides is 1. The molecule has 9 nitrogen and oxygen atoms in total. The van der Waals surface area contributed by atoms with Crippen LogP contribution < -0.4 is 19.7 Å². The number of aromatic nitrogens is 2. The molecule has 1 amide bonds. The van der Waals surface area contributed by atoms with E-state index in [9.17, 15) is 4.79 Å². The van der Waals surface area contributed by atoms with Crippen molar-refractivity contribution in [2.24, 2.45) is 5.92 Å². The maximum Gasteiger partial charge on any atom is 0.410 e. The van der Waals surface area contributed by atoms with Crippen molar-refractivity contribution in [1.82, 2.24) is 19.6 Å². The van der Waals surface area contributed by atoms with Crippen LogP contribution in [0.3, 0.4) is 0 Å². The standard InChI is InChI=1S/C30H40ClN5O4/c1-30(2,3)40-29(37)34-10-6-20(7-11-34)17-32-21-8-12-35(18-21)22-9-13-36-19-25(33-28(36)14-22)23-15-24(31)27(39-5)16-26(23)38-4/h9,13-16,19-21,32H,6-8,10-12,17-18H2,1-5H3. The monoisotopic (exact) mass is 569 g/mol. The average molecular weight is 570 g/mol. The number of ether oxygens (including phenoxy) is 3. The van der Waals surface area contributed by atoms with Gasteiger partial charge < -0.3 is 33.7 Å². The first kappa shape index (κ1) is 28.4. The number of imidazole rings is 1. The lowest BCUT2D eigenvalue weighted by molar-refractivity contribution is 0.0183. The lowest BCUT2D eigenvalue weighted by atomic mass is 9.96. The van der Waals surface area contributed by atoms with E-state index >= 15 is 0 Å². The number of pyridine rings is 1. The van der Waals surface area contributed by atoms with Gasteiger partial charge in [-0.25, -0.2) is 9.78 Å². The summed E-state index contributed by atoms with van der Waals surface area (Å²) in [6.07, 6.45) is 6.96. The summed E-state index contributed by atoms with van der Waals surface area (Å²) in [5.74, 6) is 1.81. The summed E-state index contributed by atoms with van der Waals surface area (Å²) in [5, 5.41) is 4.30. The minimum Gasteiger partial charge on any atom is -0.496 e. The molecule has 0 aliphatic carbocycles. The van der Waals surface area contributed by atoms with Gasteiger partial charge in [-0.3, -0.25) is 0 Å². The van der Waals surface area contributed by atoms with E-state index in [1.807, 2.05) is 42.3 Å². The summed E-state index contributed by atoms with van der Waals surface area (Å²) < 4.78 is 18.5. The van der Waals surface area contributed by atoms with Gasteiger partial charge in [-0.05, 0) is 64.6 Å². The van der Waals surface area contributed by atoms with Crippen molar-refractivity contribution in [3.63, 3.8) is 0 Å². The fourth-order valence-electron chi connectivity index (χ4n) is 5.50. The zero-order valence-electron chi connectivity index (χ0n) is 24.1. The summed E-state index contributed by atoms with van der Waals surface area (Å²) in [5.41, 5.74) is 3.19. The molecule has 1 unspecified atom stereocenters. The van der Waals surface area contributed by atoms with E-state index in [4.69, 9.17) is 30.8 Å². The number of carbonyl (C=O) groups excluding carboxylic acids is 1. The van der Waals surface area contributed by atoms with E-state index in [0.29, 0.717) is 28.5 Å². The fourth-order valence-corrected chi connectivity index (χ4v) is 5.74. The Bertz CT molecular complexity index is 1350. The van der Waals surface area contributed by atoms with Gasteiger partial charge in [0.25, 0.3) is 0 Å². The molecule has 1 atom stereocenters. The number of fused-ring (bicyclic) bond motifs is 1. The summed E-state index contributed by atoms with van der Waals surface area (Å²) in [7, 11) is 3.22. The number of hydrogen-bond acceptors (Lipinski definition) is 7. The summed E-state index contributed by atoms with van der Waals surface area (Å²) in [6, 6.07) is 8.34. The molecule has 2 aliphatic heterocycles. The first-order valence-corrected chi connectivity index (χ1v) is 14.4. The maximum absolute atomic E-state index is 12.3. The van der Waals surface area contributed by atoms with Gasteiger partial charge in [0.2, 0.25) is 0 Å². The average Bonchev–Trinajstić information content (AvgIpc) is 3.58. The van der Waals surface area contributed by atoms with Gasteiger partial charge in [-0.15, -0.1) is 0 Å². The molecule has 0 saturated carbocycles. The molecular formula is C30H40ClN5O4. The second kappa shape index (κ2) is 11.7. The zero-order valence-corrected chi connectivity index (χ0v) is 24.8. The van der Waals surface area contributed by atoms with Crippen molar-refractivity contribution in [3.8, 4) is 22.8 Å². The number of piperidine rings is 1. The number of anilines is 1. The van der Waals surface area contributed by atoms with E-state index in [-0.39, 0.29) is 6.09 Å². The second-order valence-electron chi connectivity index (χ2n) is 11.7. The van der Waals surface area contributed by atoms with E-state index in [0.717, 1.165) is 68.9 Å². The first-order valence-electron chi connectivity index (χ1n) is 14.0. The Balaban J connectivity index is 1.16. The Morgan fingerprint density at radius 3 is 2.52 bits per heavy atom. The highest BCUT2D eigenvalue weighted by molar-refractivity contribution is 6.32. The molecule has 216 valence electrons. The Morgan fingerprint density at radius 1 is 1.07 bits per heavy atom. The van der Waals surface area contributed by atoms with E-state index in [1.165, 1.54) is 5.69 Å². The molecule has 3 aromatic rings. The Hall–Kier alpha value is -3.17. The number of hydrogen-bond donors (Lipinski definition) is 1. The maximum atomic E-state index is 12.3. The van der Waals surface area contributed by atoms with Gasteiger partial charge in [0.15, 0.2) is 0 Å². The molecule has 4 heterocycles. The number of benzene rings is 1. The third-order valence-electron chi connectivity index (χ3n) is 7.71. The van der Waals surface area contributed by atoms with Crippen molar-refractivity contribution < 1.29 is 19.0 Å². The van der Waals surface area contributed by atoms with E-state index < -0.39 is 5.60 Å². The van der Waals surface area contributed by atoms with Gasteiger partial charge in [0, 0.05) is 68.0 Å². The summed E-state index contributed by atoms with van der Waals surface area (Å²) in [6.45, 7) is 10.2. The smallest absolute Gasteiger partial charge is 0.410 e. The number of methoxy groups -OCH3 is 2. The fraction of sp³-hybridized carbons (Fsp3) is 0.533. The van der Waals surface area contributed by atoms with Gasteiger partial charge >= 0.3 is 6.09 Å². The van der Waals surface area contributed by atoms with Crippen molar-refractivity contribution >= 4 is 29.0 Å². The number of nitrogens with zero attached hydrogens (tertiary/aromatic N) is 4. The van der Waals surface area contributed by atoms with Crippen LogP contribution in [0, 0.1) is 5.92 Å². The highest BCUT2D eigenvalue weighted by atomic mass is 35.5. The van der Waals surface area contributed by atoms with Crippen LogP contribution in [0.15, 0.2) is 36.7 Å². The molecule has 40 heavy (non-hydrogen) atoms. The van der Waals surface area contributed by atoms with Crippen LogP contribution in [0.5, 0.6) is 11.5 Å². The number of halogens is 1. The highest BCUT2D eigenvalue weighted by Crippen LogP contribution is 2.38. The van der Waals surface area contributed by atoms with E-state index in [2.05, 4.69) is 28.5 Å². The van der Waals surface area contributed by atoms with Crippen LogP contribution >= 0.6 is 11.6 Å². The lowest BCUT2D eigenvalue weighted by Crippen LogP contribution is -2.44. The van der Waals surface area contributed by atoms with Crippen molar-refractivity contribution in [1.29, 1.82) is 0 Å². The van der Waals surface area contributed by atoms with Crippen molar-refractivity contribution in [2.75, 3.05) is 51.8 Å². The SMILES string of the molecule is COc1cc(OC)c(-c2cn3ccc(N4CCC(NCC5CCN(C(=O)OC(C)(C)C)CC5)C4)cc3n2)cc1Cl. The molecule has 5 rings (SSSR count). The minimum absolute atomic E-state index is 0.196. The van der Waals surface area contributed by atoms with E-state index in [1.54, 1.807) is 20.3 Å². The van der Waals surface area contributed by atoms with Crippen LogP contribution in [0.25, 0.3) is 16.9 Å². The third kappa shape index (κ3) is 6.41. The summed E-state index contributed by atoms with van der Waals surface area (Å²) >= 11 is 6.40.